The lowest BCUT2D eigenvalue weighted by atomic mass is 9.98. The molecule has 0 spiro atoms. The summed E-state index contributed by atoms with van der Waals surface area (Å²) in [6.45, 7) is 4.06. The fraction of sp³-hybridized carbons (Fsp3) is 0.323. The minimum atomic E-state index is -1.17. The van der Waals surface area contributed by atoms with Crippen molar-refractivity contribution in [3.63, 3.8) is 0 Å². The van der Waals surface area contributed by atoms with Gasteiger partial charge in [-0.1, -0.05) is 54.6 Å². The van der Waals surface area contributed by atoms with Crippen molar-refractivity contribution in [1.82, 2.24) is 20.9 Å². The average Bonchev–Trinajstić information content (AvgIpc) is 3.06. The maximum absolute atomic E-state index is 14.1. The number of hydrogen-bond donors (Lipinski definition) is 5. The van der Waals surface area contributed by atoms with Crippen LogP contribution in [0.25, 0.3) is 11.1 Å². The highest BCUT2D eigenvalue weighted by Gasteiger charge is 2.33. The van der Waals surface area contributed by atoms with Crippen LogP contribution in [-0.2, 0) is 35.6 Å². The highest BCUT2D eigenvalue weighted by Crippen LogP contribution is 2.26. The van der Waals surface area contributed by atoms with Crippen molar-refractivity contribution in [2.75, 3.05) is 13.2 Å². The minimum absolute atomic E-state index is 0.133. The lowest BCUT2D eigenvalue weighted by molar-refractivity contribution is -0.138. The van der Waals surface area contributed by atoms with Crippen LogP contribution in [-0.4, -0.2) is 52.6 Å². The molecule has 0 fully saturated rings. The third-order valence-corrected chi connectivity index (χ3v) is 6.95. The van der Waals surface area contributed by atoms with Crippen LogP contribution in [0.5, 0.6) is 0 Å². The van der Waals surface area contributed by atoms with Crippen molar-refractivity contribution in [2.24, 2.45) is 5.73 Å². The van der Waals surface area contributed by atoms with Crippen molar-refractivity contribution in [3.8, 4) is 11.1 Å². The van der Waals surface area contributed by atoms with Gasteiger partial charge in [0.2, 0.25) is 11.8 Å². The van der Waals surface area contributed by atoms with E-state index in [9.17, 15) is 18.8 Å². The van der Waals surface area contributed by atoms with Crippen LogP contribution >= 0.6 is 0 Å². The molecule has 0 radical (unpaired) electrons. The van der Waals surface area contributed by atoms with Gasteiger partial charge in [-0.05, 0) is 59.4 Å². The zero-order chi connectivity index (χ0) is 29.6. The molecule has 0 aromatic heterocycles. The van der Waals surface area contributed by atoms with E-state index < -0.39 is 23.3 Å². The SMILES string of the molecule is CC(C)(N)C(=O)N[C@@H]1Cc2cc(F)ccc2CN(Cc2ccc(-c3ccccc3CNC(=O)NCCO)cc2)C1=O. The lowest BCUT2D eigenvalue weighted by Gasteiger charge is -2.27. The van der Waals surface area contributed by atoms with Gasteiger partial charge in [-0.3, -0.25) is 9.59 Å². The first-order valence-corrected chi connectivity index (χ1v) is 13.5. The second kappa shape index (κ2) is 12.9. The fourth-order valence-electron chi connectivity index (χ4n) is 4.71. The number of carbonyl (C=O) groups excluding carboxylic acids is 3. The van der Waals surface area contributed by atoms with Gasteiger partial charge >= 0.3 is 6.03 Å². The molecule has 0 saturated heterocycles. The number of amides is 4. The number of aliphatic hydroxyl groups excluding tert-OH is 1. The third-order valence-electron chi connectivity index (χ3n) is 6.95. The number of carbonyl (C=O) groups is 3. The monoisotopic (exact) mass is 561 g/mol. The molecule has 0 saturated carbocycles. The molecule has 3 aromatic rings. The summed E-state index contributed by atoms with van der Waals surface area (Å²) in [4.78, 5) is 39.8. The summed E-state index contributed by atoms with van der Waals surface area (Å²) in [6.07, 6.45) is 0.173. The number of hydrogen-bond acceptors (Lipinski definition) is 5. The van der Waals surface area contributed by atoms with Crippen LogP contribution in [0.3, 0.4) is 0 Å². The summed E-state index contributed by atoms with van der Waals surface area (Å²) in [7, 11) is 0. The summed E-state index contributed by atoms with van der Waals surface area (Å²) in [5, 5.41) is 17.0. The van der Waals surface area contributed by atoms with E-state index in [2.05, 4.69) is 16.0 Å². The fourth-order valence-corrected chi connectivity index (χ4v) is 4.71. The zero-order valence-electron chi connectivity index (χ0n) is 23.2. The Kier molecular flexibility index (Phi) is 9.36. The summed E-state index contributed by atoms with van der Waals surface area (Å²) >= 11 is 0. The number of rotatable bonds is 9. The van der Waals surface area contributed by atoms with Crippen molar-refractivity contribution in [1.29, 1.82) is 0 Å². The molecule has 4 rings (SSSR count). The molecule has 0 bridgehead atoms. The van der Waals surface area contributed by atoms with Gasteiger partial charge in [-0.2, -0.15) is 0 Å². The van der Waals surface area contributed by atoms with E-state index in [0.717, 1.165) is 27.8 Å². The Hall–Kier alpha value is -4.28. The third kappa shape index (κ3) is 7.68. The number of nitrogens with zero attached hydrogens (tertiary/aromatic N) is 1. The molecule has 0 aliphatic carbocycles. The quantitative estimate of drug-likeness (QED) is 0.274. The van der Waals surface area contributed by atoms with E-state index in [0.29, 0.717) is 18.7 Å². The molecule has 10 heteroatoms. The van der Waals surface area contributed by atoms with Crippen LogP contribution in [0.1, 0.15) is 36.1 Å². The van der Waals surface area contributed by atoms with E-state index >= 15 is 0 Å². The predicted octanol–water partition coefficient (Wildman–Crippen LogP) is 2.59. The van der Waals surface area contributed by atoms with Gasteiger partial charge < -0.3 is 31.7 Å². The Morgan fingerprint density at radius 3 is 2.49 bits per heavy atom. The van der Waals surface area contributed by atoms with Crippen molar-refractivity contribution < 1.29 is 23.9 Å². The Labute approximate surface area is 238 Å². The second-order valence-electron chi connectivity index (χ2n) is 10.7. The molecule has 1 atom stereocenters. The largest absolute Gasteiger partial charge is 0.395 e. The molecule has 1 aliphatic rings. The number of halogens is 1. The molecule has 3 aromatic carbocycles. The molecule has 0 unspecified atom stereocenters. The van der Waals surface area contributed by atoms with Crippen LogP contribution < -0.4 is 21.7 Å². The lowest BCUT2D eigenvalue weighted by Crippen LogP contribution is -2.56. The Bertz CT molecular complexity index is 1400. The van der Waals surface area contributed by atoms with E-state index in [1.165, 1.54) is 12.1 Å². The molecular weight excluding hydrogens is 525 g/mol. The Morgan fingerprint density at radius 1 is 1.05 bits per heavy atom. The highest BCUT2D eigenvalue weighted by molar-refractivity contribution is 5.92. The van der Waals surface area contributed by atoms with Crippen molar-refractivity contribution in [3.05, 3.63) is 94.8 Å². The summed E-state index contributed by atoms with van der Waals surface area (Å²) in [5.74, 6) is -1.12. The average molecular weight is 562 g/mol. The van der Waals surface area contributed by atoms with E-state index in [1.807, 2.05) is 48.5 Å². The first-order valence-electron chi connectivity index (χ1n) is 13.5. The predicted molar refractivity (Wildman–Crippen MR) is 154 cm³/mol. The highest BCUT2D eigenvalue weighted by atomic mass is 19.1. The normalized spacial score (nSPS) is 15.1. The Balaban J connectivity index is 1.53. The summed E-state index contributed by atoms with van der Waals surface area (Å²) in [5.41, 5.74) is 9.98. The summed E-state index contributed by atoms with van der Waals surface area (Å²) in [6, 6.07) is 18.8. The van der Waals surface area contributed by atoms with Gasteiger partial charge in [0.1, 0.15) is 11.9 Å². The van der Waals surface area contributed by atoms with Crippen LogP contribution in [0.4, 0.5) is 9.18 Å². The molecule has 9 nitrogen and oxygen atoms in total. The second-order valence-corrected chi connectivity index (χ2v) is 10.7. The van der Waals surface area contributed by atoms with E-state index in [4.69, 9.17) is 10.8 Å². The maximum Gasteiger partial charge on any atom is 0.315 e. The van der Waals surface area contributed by atoms with Gasteiger partial charge in [0, 0.05) is 32.6 Å². The standard InChI is InChI=1S/C31H36FN5O4/c1-31(2,33)29(40)36-27-16-24-15-25(32)12-11-23(24)19-37(28(27)39)18-20-7-9-21(10-8-20)26-6-4-3-5-22(26)17-35-30(41)34-13-14-38/h3-12,15,27,38H,13-14,16-19,33H2,1-2H3,(H,36,40)(H2,34,35,41)/t27-/m1/s1. The van der Waals surface area contributed by atoms with Crippen LogP contribution in [0.2, 0.25) is 0 Å². The number of benzene rings is 3. The maximum atomic E-state index is 14.1. The molecule has 4 amide bonds. The van der Waals surface area contributed by atoms with Crippen molar-refractivity contribution in [2.45, 2.75) is 51.5 Å². The van der Waals surface area contributed by atoms with Gasteiger partial charge in [0.15, 0.2) is 0 Å². The van der Waals surface area contributed by atoms with Gasteiger partial charge in [-0.15, -0.1) is 0 Å². The topological polar surface area (TPSA) is 137 Å². The van der Waals surface area contributed by atoms with Crippen LogP contribution in [0.15, 0.2) is 66.7 Å². The van der Waals surface area contributed by atoms with Gasteiger partial charge in [0.25, 0.3) is 0 Å². The van der Waals surface area contributed by atoms with E-state index in [1.54, 1.807) is 24.8 Å². The molecule has 216 valence electrons. The van der Waals surface area contributed by atoms with Gasteiger partial charge in [-0.25, -0.2) is 9.18 Å². The number of nitrogens with one attached hydrogen (secondary N) is 3. The molecule has 1 heterocycles. The number of urea groups is 1. The first kappa shape index (κ1) is 29.7. The first-order chi connectivity index (χ1) is 19.5. The Morgan fingerprint density at radius 2 is 1.78 bits per heavy atom. The number of nitrogens with two attached hydrogens (primary N) is 1. The number of aliphatic hydroxyl groups is 1. The summed E-state index contributed by atoms with van der Waals surface area (Å²) < 4.78 is 14.1. The molecule has 1 aliphatic heterocycles. The van der Waals surface area contributed by atoms with Gasteiger partial charge in [0.05, 0.1) is 12.1 Å². The number of fused-ring (bicyclic) bond motifs is 1. The zero-order valence-corrected chi connectivity index (χ0v) is 23.2. The minimum Gasteiger partial charge on any atom is -0.395 e. The van der Waals surface area contributed by atoms with E-state index in [-0.39, 0.29) is 38.1 Å². The molecule has 6 N–H and O–H groups in total. The van der Waals surface area contributed by atoms with Crippen molar-refractivity contribution >= 4 is 17.8 Å². The molecular formula is C31H36FN5O4. The smallest absolute Gasteiger partial charge is 0.315 e. The molecule has 41 heavy (non-hydrogen) atoms. The van der Waals surface area contributed by atoms with Crippen LogP contribution in [0, 0.1) is 5.82 Å².